The highest BCUT2D eigenvalue weighted by Gasteiger charge is 2.21. The highest BCUT2D eigenvalue weighted by molar-refractivity contribution is 9.10. The summed E-state index contributed by atoms with van der Waals surface area (Å²) >= 11 is 3.61. The van der Waals surface area contributed by atoms with Crippen LogP contribution in [0.2, 0.25) is 0 Å². The molecule has 0 saturated carbocycles. The molecule has 1 aromatic rings. The quantitative estimate of drug-likeness (QED) is 0.753. The topological polar surface area (TPSA) is 24.5 Å². The zero-order valence-electron chi connectivity index (χ0n) is 13.2. The molecule has 4 heteroatoms. The first kappa shape index (κ1) is 16.8. The van der Waals surface area contributed by atoms with Crippen molar-refractivity contribution < 1.29 is 4.74 Å². The number of nitrogens with one attached hydrogen (secondary N) is 1. The predicted octanol–water partition coefficient (Wildman–Crippen LogP) is 3.81. The van der Waals surface area contributed by atoms with Crippen LogP contribution in [-0.4, -0.2) is 33.4 Å². The lowest BCUT2D eigenvalue weighted by Crippen LogP contribution is -2.35. The van der Waals surface area contributed by atoms with Gasteiger partial charge in [-0.05, 0) is 49.4 Å². The summed E-state index contributed by atoms with van der Waals surface area (Å²) in [6.45, 7) is 7.39. The first-order valence-electron chi connectivity index (χ1n) is 7.97. The maximum absolute atomic E-state index is 5.29. The van der Waals surface area contributed by atoms with E-state index in [1.807, 2.05) is 0 Å². The number of nitrogens with zero attached hydrogens (tertiary/aromatic N) is 1. The van der Waals surface area contributed by atoms with E-state index in [2.05, 4.69) is 51.3 Å². The Morgan fingerprint density at radius 2 is 2.10 bits per heavy atom. The molecule has 1 aromatic carbocycles. The molecule has 1 aliphatic heterocycles. The monoisotopic (exact) mass is 354 g/mol. The number of anilines is 1. The van der Waals surface area contributed by atoms with Gasteiger partial charge in [0.05, 0.1) is 0 Å². The maximum Gasteiger partial charge on any atom is 0.0491 e. The molecule has 1 saturated heterocycles. The molecule has 0 radical (unpaired) electrons. The van der Waals surface area contributed by atoms with E-state index in [1.54, 1.807) is 7.11 Å². The lowest BCUT2D eigenvalue weighted by atomic mass is 9.96. The zero-order chi connectivity index (χ0) is 15.1. The normalized spacial score (nSPS) is 16.4. The van der Waals surface area contributed by atoms with Gasteiger partial charge >= 0.3 is 0 Å². The molecule has 0 atom stereocenters. The number of rotatable bonds is 7. The largest absolute Gasteiger partial charge is 0.384 e. The summed E-state index contributed by atoms with van der Waals surface area (Å²) in [7, 11) is 1.80. The van der Waals surface area contributed by atoms with Crippen molar-refractivity contribution in [3.05, 3.63) is 28.2 Å². The second-order valence-corrected chi connectivity index (χ2v) is 6.75. The van der Waals surface area contributed by atoms with Gasteiger partial charge in [-0.2, -0.15) is 0 Å². The van der Waals surface area contributed by atoms with Crippen LogP contribution in [-0.2, 0) is 11.3 Å². The Kier molecular flexibility index (Phi) is 7.00. The fourth-order valence-corrected chi connectivity index (χ4v) is 3.31. The smallest absolute Gasteiger partial charge is 0.0491 e. The third-order valence-corrected chi connectivity index (χ3v) is 4.64. The summed E-state index contributed by atoms with van der Waals surface area (Å²) in [5, 5.41) is 3.52. The number of halogens is 1. The Balaban J connectivity index is 2.02. The number of methoxy groups -OCH3 is 1. The minimum atomic E-state index is 0.722. The average molecular weight is 355 g/mol. The van der Waals surface area contributed by atoms with Gasteiger partial charge in [0.1, 0.15) is 0 Å². The lowest BCUT2D eigenvalue weighted by molar-refractivity contribution is 0.139. The van der Waals surface area contributed by atoms with Crippen molar-refractivity contribution in [1.82, 2.24) is 5.32 Å². The van der Waals surface area contributed by atoms with Gasteiger partial charge in [0.15, 0.2) is 0 Å². The van der Waals surface area contributed by atoms with E-state index in [0.29, 0.717) is 0 Å². The van der Waals surface area contributed by atoms with E-state index >= 15 is 0 Å². The van der Waals surface area contributed by atoms with Crippen LogP contribution in [0.1, 0.15) is 31.7 Å². The Hall–Kier alpha value is -0.580. The van der Waals surface area contributed by atoms with Gasteiger partial charge in [0.2, 0.25) is 0 Å². The first-order valence-corrected chi connectivity index (χ1v) is 8.77. The summed E-state index contributed by atoms with van der Waals surface area (Å²) in [5.41, 5.74) is 2.78. The molecule has 0 aromatic heterocycles. The third-order valence-electron chi connectivity index (χ3n) is 4.15. The van der Waals surface area contributed by atoms with Gasteiger partial charge in [0, 0.05) is 43.5 Å². The molecule has 1 fully saturated rings. The highest BCUT2D eigenvalue weighted by Crippen LogP contribution is 2.29. The molecule has 118 valence electrons. The van der Waals surface area contributed by atoms with Gasteiger partial charge in [0.25, 0.3) is 0 Å². The molecule has 1 N–H and O–H groups in total. The fraction of sp³-hybridized carbons (Fsp3) is 0.647. The van der Waals surface area contributed by atoms with Crippen LogP contribution in [0.4, 0.5) is 5.69 Å². The van der Waals surface area contributed by atoms with Crippen molar-refractivity contribution in [3.8, 4) is 0 Å². The molecule has 3 nitrogen and oxygen atoms in total. The summed E-state index contributed by atoms with van der Waals surface area (Å²) in [6.07, 6.45) is 3.62. The molecule has 1 aliphatic rings. The summed E-state index contributed by atoms with van der Waals surface area (Å²) in [6, 6.07) is 6.65. The Labute approximate surface area is 137 Å². The van der Waals surface area contributed by atoms with Crippen molar-refractivity contribution >= 4 is 21.6 Å². The molecule has 0 bridgehead atoms. The number of piperidine rings is 1. The average Bonchev–Trinajstić information content (AvgIpc) is 2.50. The van der Waals surface area contributed by atoms with E-state index in [9.17, 15) is 0 Å². The second kappa shape index (κ2) is 8.76. The van der Waals surface area contributed by atoms with E-state index in [0.717, 1.165) is 43.2 Å². The van der Waals surface area contributed by atoms with Crippen molar-refractivity contribution in [2.24, 2.45) is 5.92 Å². The maximum atomic E-state index is 5.29. The summed E-state index contributed by atoms with van der Waals surface area (Å²) in [5.74, 6) is 0.722. The zero-order valence-corrected chi connectivity index (χ0v) is 14.8. The van der Waals surface area contributed by atoms with E-state index in [1.165, 1.54) is 30.5 Å². The molecule has 1 heterocycles. The minimum absolute atomic E-state index is 0.722. The van der Waals surface area contributed by atoms with Gasteiger partial charge in [-0.25, -0.2) is 0 Å². The third kappa shape index (κ3) is 4.97. The molecule has 21 heavy (non-hydrogen) atoms. The standard InChI is InChI=1S/C17H27BrN2O/c1-3-8-19-12-15-4-5-16(18)11-17(15)20-9-6-14(7-10-20)13-21-2/h4-5,11,14,19H,3,6-10,12-13H2,1-2H3. The van der Waals surface area contributed by atoms with Crippen LogP contribution in [0.15, 0.2) is 22.7 Å². The molecular weight excluding hydrogens is 328 g/mol. The Morgan fingerprint density at radius 3 is 2.76 bits per heavy atom. The van der Waals surface area contributed by atoms with E-state index in [-0.39, 0.29) is 0 Å². The number of benzene rings is 1. The molecule has 2 rings (SSSR count). The molecule has 0 unspecified atom stereocenters. The Morgan fingerprint density at radius 1 is 1.33 bits per heavy atom. The number of hydrogen-bond acceptors (Lipinski definition) is 3. The number of ether oxygens (including phenoxy) is 1. The fourth-order valence-electron chi connectivity index (χ4n) is 2.96. The van der Waals surface area contributed by atoms with Crippen molar-refractivity contribution in [1.29, 1.82) is 0 Å². The van der Waals surface area contributed by atoms with Crippen LogP contribution in [0, 0.1) is 5.92 Å². The molecule has 0 amide bonds. The minimum Gasteiger partial charge on any atom is -0.384 e. The first-order chi connectivity index (χ1) is 10.2. The van der Waals surface area contributed by atoms with Crippen LogP contribution < -0.4 is 10.2 Å². The number of hydrogen-bond donors (Lipinski definition) is 1. The molecular formula is C17H27BrN2O. The summed E-state index contributed by atoms with van der Waals surface area (Å²) in [4.78, 5) is 2.53. The van der Waals surface area contributed by atoms with Gasteiger partial charge in [-0.15, -0.1) is 0 Å². The summed E-state index contributed by atoms with van der Waals surface area (Å²) < 4.78 is 6.46. The molecule has 0 spiro atoms. The predicted molar refractivity (Wildman–Crippen MR) is 93.0 cm³/mol. The Bertz CT molecular complexity index is 431. The van der Waals surface area contributed by atoms with Crippen LogP contribution in [0.25, 0.3) is 0 Å². The lowest BCUT2D eigenvalue weighted by Gasteiger charge is -2.34. The van der Waals surface area contributed by atoms with Crippen molar-refractivity contribution in [3.63, 3.8) is 0 Å². The van der Waals surface area contributed by atoms with Crippen molar-refractivity contribution in [2.45, 2.75) is 32.7 Å². The molecule has 0 aliphatic carbocycles. The van der Waals surface area contributed by atoms with E-state index in [4.69, 9.17) is 4.74 Å². The van der Waals surface area contributed by atoms with Crippen LogP contribution >= 0.6 is 15.9 Å². The van der Waals surface area contributed by atoms with Crippen LogP contribution in [0.3, 0.4) is 0 Å². The van der Waals surface area contributed by atoms with Gasteiger partial charge in [-0.3, -0.25) is 0 Å². The highest BCUT2D eigenvalue weighted by atomic mass is 79.9. The van der Waals surface area contributed by atoms with Crippen molar-refractivity contribution in [2.75, 3.05) is 38.3 Å². The SMILES string of the molecule is CCCNCc1ccc(Br)cc1N1CCC(COC)CC1. The second-order valence-electron chi connectivity index (χ2n) is 5.84. The van der Waals surface area contributed by atoms with Crippen LogP contribution in [0.5, 0.6) is 0 Å². The van der Waals surface area contributed by atoms with E-state index < -0.39 is 0 Å². The van der Waals surface area contributed by atoms with Gasteiger partial charge < -0.3 is 15.0 Å². The van der Waals surface area contributed by atoms with Gasteiger partial charge in [-0.1, -0.05) is 28.9 Å².